The van der Waals surface area contributed by atoms with Gasteiger partial charge in [-0.05, 0) is 31.2 Å². The Morgan fingerprint density at radius 3 is 2.54 bits per heavy atom. The molecule has 2 N–H and O–H groups in total. The van der Waals surface area contributed by atoms with Gasteiger partial charge < -0.3 is 15.4 Å². The van der Waals surface area contributed by atoms with Gasteiger partial charge in [-0.25, -0.2) is 17.1 Å². The Labute approximate surface area is 188 Å². The normalized spacial score (nSPS) is 16.8. The monoisotopic (exact) mass is 546 g/mol. The van der Waals surface area contributed by atoms with Crippen molar-refractivity contribution in [1.29, 1.82) is 0 Å². The van der Waals surface area contributed by atoms with Crippen molar-refractivity contribution >= 4 is 51.7 Å². The lowest BCUT2D eigenvalue weighted by Gasteiger charge is -2.25. The lowest BCUT2D eigenvalue weighted by atomic mass is 10.3. The molecule has 2 rings (SSSR count). The van der Waals surface area contributed by atoms with E-state index in [9.17, 15) is 12.8 Å². The van der Waals surface area contributed by atoms with Crippen molar-refractivity contribution in [2.45, 2.75) is 13.0 Å². The second-order valence-corrected chi connectivity index (χ2v) is 9.40. The first kappa shape index (κ1) is 25.2. The van der Waals surface area contributed by atoms with Crippen LogP contribution in [0.4, 0.5) is 4.39 Å². The molecule has 1 aromatic rings. The van der Waals surface area contributed by atoms with Crippen LogP contribution in [0, 0.1) is 5.82 Å². The van der Waals surface area contributed by atoms with Crippen LogP contribution in [0.5, 0.6) is 5.75 Å². The summed E-state index contributed by atoms with van der Waals surface area (Å²) in [7, 11) is -1.62. The van der Waals surface area contributed by atoms with Crippen LogP contribution in [0.3, 0.4) is 0 Å². The molecule has 28 heavy (non-hydrogen) atoms. The molecule has 11 heteroatoms. The molecule has 0 aliphatic carbocycles. The van der Waals surface area contributed by atoms with Gasteiger partial charge in [0.05, 0.1) is 12.3 Å². The van der Waals surface area contributed by atoms with E-state index in [1.165, 1.54) is 12.1 Å². The summed E-state index contributed by atoms with van der Waals surface area (Å²) < 4.78 is 44.8. The first-order valence-electron chi connectivity index (χ1n) is 8.83. The Morgan fingerprint density at radius 2 is 1.93 bits per heavy atom. The number of hydrogen-bond donors (Lipinski definition) is 2. The standard InChI is InChI=1S/C17H27FN4O3S2.HI/c1-14(25-16-5-3-15(18)4-6-16)13-21-17(19-2)20-7-12-27(23,24)22-8-10-26-11-9-22;/h3-6,14H,7-13H2,1-2H3,(H2,19,20,21);1H. The smallest absolute Gasteiger partial charge is 0.215 e. The zero-order valence-electron chi connectivity index (χ0n) is 16.1. The highest BCUT2D eigenvalue weighted by atomic mass is 127. The van der Waals surface area contributed by atoms with Crippen molar-refractivity contribution in [1.82, 2.24) is 14.9 Å². The molecule has 1 saturated heterocycles. The zero-order chi connectivity index (χ0) is 19.7. The predicted octanol–water partition coefficient (Wildman–Crippen LogP) is 1.75. The lowest BCUT2D eigenvalue weighted by molar-refractivity contribution is 0.223. The highest BCUT2D eigenvalue weighted by molar-refractivity contribution is 14.0. The molecule has 1 aliphatic heterocycles. The van der Waals surface area contributed by atoms with Gasteiger partial charge in [0.15, 0.2) is 5.96 Å². The van der Waals surface area contributed by atoms with Gasteiger partial charge in [-0.3, -0.25) is 4.99 Å². The number of benzene rings is 1. The van der Waals surface area contributed by atoms with Gasteiger partial charge in [0.1, 0.15) is 17.7 Å². The van der Waals surface area contributed by atoms with Crippen LogP contribution in [-0.4, -0.2) is 75.3 Å². The molecule has 1 aromatic carbocycles. The molecule has 0 spiro atoms. The van der Waals surface area contributed by atoms with E-state index in [4.69, 9.17) is 4.74 Å². The number of thioether (sulfide) groups is 1. The van der Waals surface area contributed by atoms with E-state index < -0.39 is 10.0 Å². The maximum absolute atomic E-state index is 12.9. The molecule has 1 aliphatic rings. The van der Waals surface area contributed by atoms with Crippen LogP contribution < -0.4 is 15.4 Å². The third-order valence-corrected chi connectivity index (χ3v) is 6.76. The summed E-state index contributed by atoms with van der Waals surface area (Å²) in [5.41, 5.74) is 0. The number of ether oxygens (including phenoxy) is 1. The summed E-state index contributed by atoms with van der Waals surface area (Å²) in [5.74, 6) is 2.51. The van der Waals surface area contributed by atoms with E-state index in [1.807, 2.05) is 6.92 Å². The van der Waals surface area contributed by atoms with Gasteiger partial charge in [-0.1, -0.05) is 0 Å². The van der Waals surface area contributed by atoms with Crippen molar-refractivity contribution in [3.8, 4) is 5.75 Å². The number of rotatable bonds is 8. The molecule has 0 aromatic heterocycles. The van der Waals surface area contributed by atoms with E-state index >= 15 is 0 Å². The summed E-state index contributed by atoms with van der Waals surface area (Å²) in [5, 5.41) is 6.11. The number of guanidine groups is 1. The number of nitrogens with zero attached hydrogens (tertiary/aromatic N) is 2. The van der Waals surface area contributed by atoms with Gasteiger partial charge in [0.25, 0.3) is 0 Å². The average Bonchev–Trinajstić information content (AvgIpc) is 2.67. The van der Waals surface area contributed by atoms with E-state index in [2.05, 4.69) is 15.6 Å². The molecule has 1 atom stereocenters. The minimum Gasteiger partial charge on any atom is -0.489 e. The fourth-order valence-corrected chi connectivity index (χ4v) is 4.99. The molecule has 0 radical (unpaired) electrons. The molecule has 0 bridgehead atoms. The first-order valence-corrected chi connectivity index (χ1v) is 11.6. The fraction of sp³-hybridized carbons (Fsp3) is 0.588. The van der Waals surface area contributed by atoms with Crippen LogP contribution in [-0.2, 0) is 10.0 Å². The van der Waals surface area contributed by atoms with E-state index in [0.29, 0.717) is 31.3 Å². The molecular weight excluding hydrogens is 518 g/mol. The summed E-state index contributed by atoms with van der Waals surface area (Å²) in [4.78, 5) is 4.09. The minimum atomic E-state index is -3.24. The topological polar surface area (TPSA) is 83.0 Å². The largest absolute Gasteiger partial charge is 0.489 e. The van der Waals surface area contributed by atoms with Gasteiger partial charge in [0, 0.05) is 38.2 Å². The second-order valence-electron chi connectivity index (χ2n) is 6.09. The molecule has 0 saturated carbocycles. The fourth-order valence-electron chi connectivity index (χ4n) is 2.50. The predicted molar refractivity (Wildman–Crippen MR) is 124 cm³/mol. The molecule has 1 heterocycles. The molecule has 7 nitrogen and oxygen atoms in total. The summed E-state index contributed by atoms with van der Waals surface area (Å²) in [6.07, 6.45) is -0.177. The number of hydrogen-bond acceptors (Lipinski definition) is 5. The maximum atomic E-state index is 12.9. The van der Waals surface area contributed by atoms with Gasteiger partial charge in [-0.15, -0.1) is 24.0 Å². The van der Waals surface area contributed by atoms with Crippen molar-refractivity contribution in [2.75, 3.05) is 50.5 Å². The number of sulfonamides is 1. The van der Waals surface area contributed by atoms with Crippen molar-refractivity contribution in [3.63, 3.8) is 0 Å². The summed E-state index contributed by atoms with van der Waals surface area (Å²) >= 11 is 1.78. The Kier molecular flexibility index (Phi) is 11.5. The van der Waals surface area contributed by atoms with E-state index in [-0.39, 0.29) is 48.2 Å². The highest BCUT2D eigenvalue weighted by Gasteiger charge is 2.23. The third-order valence-electron chi connectivity index (χ3n) is 3.95. The average molecular weight is 546 g/mol. The maximum Gasteiger partial charge on any atom is 0.215 e. The third kappa shape index (κ3) is 8.70. The van der Waals surface area contributed by atoms with Crippen LogP contribution >= 0.6 is 35.7 Å². The van der Waals surface area contributed by atoms with Gasteiger partial charge in [0.2, 0.25) is 10.0 Å². The number of halogens is 2. The Balaban J connectivity index is 0.00000392. The van der Waals surface area contributed by atoms with Crippen LogP contribution in [0.2, 0.25) is 0 Å². The molecule has 0 amide bonds. The molecule has 1 fully saturated rings. The second kappa shape index (κ2) is 12.7. The number of aliphatic imine (C=N–C) groups is 1. The first-order chi connectivity index (χ1) is 12.9. The number of nitrogens with one attached hydrogen (secondary N) is 2. The van der Waals surface area contributed by atoms with Crippen LogP contribution in [0.25, 0.3) is 0 Å². The molecule has 160 valence electrons. The summed E-state index contributed by atoms with van der Waals surface area (Å²) in [6, 6.07) is 5.83. The Bertz CT molecular complexity index is 714. The SMILES string of the molecule is CN=C(NCCS(=O)(=O)N1CCSCC1)NCC(C)Oc1ccc(F)cc1.I. The van der Waals surface area contributed by atoms with Crippen LogP contribution in [0.15, 0.2) is 29.3 Å². The molecule has 1 unspecified atom stereocenters. The zero-order valence-corrected chi connectivity index (χ0v) is 20.0. The Morgan fingerprint density at radius 1 is 1.29 bits per heavy atom. The highest BCUT2D eigenvalue weighted by Crippen LogP contribution is 2.13. The van der Waals surface area contributed by atoms with Crippen LogP contribution in [0.1, 0.15) is 6.92 Å². The summed E-state index contributed by atoms with van der Waals surface area (Å²) in [6.45, 7) is 3.78. The quantitative estimate of drug-likeness (QED) is 0.294. The van der Waals surface area contributed by atoms with E-state index in [1.54, 1.807) is 35.2 Å². The van der Waals surface area contributed by atoms with Crippen molar-refractivity contribution in [2.24, 2.45) is 4.99 Å². The molecular formula is C17H28FIN4O3S2. The Hall–Kier alpha value is -0.790. The van der Waals surface area contributed by atoms with Crippen molar-refractivity contribution < 1.29 is 17.5 Å². The van der Waals surface area contributed by atoms with Gasteiger partial charge >= 0.3 is 0 Å². The minimum absolute atomic E-state index is 0. The van der Waals surface area contributed by atoms with E-state index in [0.717, 1.165) is 11.5 Å². The lowest BCUT2D eigenvalue weighted by Crippen LogP contribution is -2.45. The van der Waals surface area contributed by atoms with Gasteiger partial charge in [-0.2, -0.15) is 11.8 Å². The van der Waals surface area contributed by atoms with Crippen molar-refractivity contribution in [3.05, 3.63) is 30.1 Å².